The van der Waals surface area contributed by atoms with E-state index in [-0.39, 0.29) is 11.3 Å². The second-order valence-corrected chi connectivity index (χ2v) is 10.1. The molecular formula is C28H33NO2. The number of nitrogens with one attached hydrogen (secondary N) is 1. The smallest absolute Gasteiger partial charge is 0.137 e. The summed E-state index contributed by atoms with van der Waals surface area (Å²) < 4.78 is 0. The second-order valence-electron chi connectivity index (χ2n) is 10.1. The number of hydrogen-bond acceptors (Lipinski definition) is 3. The Hall–Kier alpha value is -2.31. The zero-order valence-corrected chi connectivity index (χ0v) is 18.9. The normalized spacial score (nSPS) is 36.6. The number of carbonyl (C=O) groups excluding carboxylic acids is 1. The number of hydrogen-bond donors (Lipinski definition) is 2. The minimum atomic E-state index is -0.918. The highest BCUT2D eigenvalue weighted by Gasteiger charge is 2.62. The highest BCUT2D eigenvalue weighted by molar-refractivity contribution is 5.84. The summed E-state index contributed by atoms with van der Waals surface area (Å²) >= 11 is 0. The lowest BCUT2D eigenvalue weighted by atomic mass is 9.51. The molecule has 0 aliphatic heterocycles. The number of benzene rings is 1. The first kappa shape index (κ1) is 20.6. The van der Waals surface area contributed by atoms with Crippen LogP contribution in [-0.2, 0) is 4.79 Å². The van der Waals surface area contributed by atoms with Crippen molar-refractivity contribution >= 4 is 11.5 Å². The molecule has 1 aromatic rings. The maximum absolute atomic E-state index is 12.2. The monoisotopic (exact) mass is 415 g/mol. The SMILES string of the molecule is CC#CC1(O)CCC2C3CC=C4CC(=O)CCC4=C3C(c3ccc(NC)cc3)CC21C. The molecule has 5 rings (SSSR count). The molecule has 4 aliphatic rings. The molecule has 31 heavy (non-hydrogen) atoms. The summed E-state index contributed by atoms with van der Waals surface area (Å²) in [5, 5.41) is 14.9. The van der Waals surface area contributed by atoms with Crippen LogP contribution in [0.2, 0.25) is 0 Å². The van der Waals surface area contributed by atoms with Gasteiger partial charge in [-0.15, -0.1) is 5.92 Å². The van der Waals surface area contributed by atoms with Crippen LogP contribution >= 0.6 is 0 Å². The van der Waals surface area contributed by atoms with Crippen LogP contribution in [0.15, 0.2) is 47.1 Å². The lowest BCUT2D eigenvalue weighted by Gasteiger charge is -2.53. The quantitative estimate of drug-likeness (QED) is 0.638. The van der Waals surface area contributed by atoms with E-state index in [1.165, 1.54) is 16.7 Å². The van der Waals surface area contributed by atoms with E-state index in [2.05, 4.69) is 54.4 Å². The lowest BCUT2D eigenvalue weighted by Crippen LogP contribution is -2.50. The average molecular weight is 416 g/mol. The third-order valence-electron chi connectivity index (χ3n) is 8.80. The number of fused-ring (bicyclic) bond motifs is 4. The molecular weight excluding hydrogens is 382 g/mol. The number of rotatable bonds is 2. The van der Waals surface area contributed by atoms with Gasteiger partial charge >= 0.3 is 0 Å². The summed E-state index contributed by atoms with van der Waals surface area (Å²) in [5.41, 5.74) is 5.59. The lowest BCUT2D eigenvalue weighted by molar-refractivity contribution is -0.118. The third kappa shape index (κ3) is 3.03. The van der Waals surface area contributed by atoms with Gasteiger partial charge in [-0.25, -0.2) is 0 Å². The van der Waals surface area contributed by atoms with Crippen molar-refractivity contribution in [2.24, 2.45) is 17.3 Å². The summed E-state index contributed by atoms with van der Waals surface area (Å²) in [6, 6.07) is 8.80. The van der Waals surface area contributed by atoms with E-state index < -0.39 is 5.60 Å². The molecule has 0 spiro atoms. The molecule has 4 aliphatic carbocycles. The number of Topliss-reactive ketones (excluding diaryl/α,β-unsaturated/α-hetero) is 1. The zero-order valence-electron chi connectivity index (χ0n) is 18.9. The Balaban J connectivity index is 1.66. The molecule has 0 aromatic heterocycles. The molecule has 3 fully saturated rings. The van der Waals surface area contributed by atoms with Crippen LogP contribution in [-0.4, -0.2) is 23.5 Å². The molecule has 0 saturated heterocycles. The van der Waals surface area contributed by atoms with Gasteiger partial charge in [0.05, 0.1) is 0 Å². The first-order chi connectivity index (χ1) is 14.9. The van der Waals surface area contributed by atoms with E-state index in [0.29, 0.717) is 30.5 Å². The molecule has 2 N–H and O–H groups in total. The van der Waals surface area contributed by atoms with Gasteiger partial charge in [0.15, 0.2) is 0 Å². The Morgan fingerprint density at radius 3 is 2.68 bits per heavy atom. The zero-order chi connectivity index (χ0) is 21.8. The maximum atomic E-state index is 12.2. The molecule has 5 atom stereocenters. The highest BCUT2D eigenvalue weighted by atomic mass is 16.3. The summed E-state index contributed by atoms with van der Waals surface area (Å²) in [6.45, 7) is 4.13. The van der Waals surface area contributed by atoms with Gasteiger partial charge < -0.3 is 10.4 Å². The molecule has 0 radical (unpaired) electrons. The highest BCUT2D eigenvalue weighted by Crippen LogP contribution is 2.66. The Bertz CT molecular complexity index is 1040. The van der Waals surface area contributed by atoms with Gasteiger partial charge in [0.25, 0.3) is 0 Å². The van der Waals surface area contributed by atoms with Crippen LogP contribution in [0, 0.1) is 29.1 Å². The standard InChI is InChI=1S/C28H33NO2/c1-4-14-28(31)15-13-25-23-11-7-19-16-21(30)10-12-22(19)26(23)24(17-27(25,28)2)18-5-8-20(29-3)9-6-18/h5-9,23-25,29,31H,10-13,15-17H2,1-3H3. The van der Waals surface area contributed by atoms with E-state index in [4.69, 9.17) is 0 Å². The topological polar surface area (TPSA) is 49.3 Å². The van der Waals surface area contributed by atoms with Gasteiger partial charge in [-0.1, -0.05) is 36.6 Å². The minimum Gasteiger partial charge on any atom is -0.388 e. The van der Waals surface area contributed by atoms with Crippen LogP contribution in [0.4, 0.5) is 5.69 Å². The van der Waals surface area contributed by atoms with Gasteiger partial charge in [0.2, 0.25) is 0 Å². The third-order valence-corrected chi connectivity index (χ3v) is 8.80. The Morgan fingerprint density at radius 1 is 1.19 bits per heavy atom. The van der Waals surface area contributed by atoms with Crippen molar-refractivity contribution in [2.75, 3.05) is 12.4 Å². The summed E-state index contributed by atoms with van der Waals surface area (Å²) in [4.78, 5) is 12.2. The number of anilines is 1. The van der Waals surface area contributed by atoms with Gasteiger partial charge in [0, 0.05) is 36.9 Å². The van der Waals surface area contributed by atoms with Gasteiger partial charge in [-0.3, -0.25) is 4.79 Å². The van der Waals surface area contributed by atoms with Crippen LogP contribution in [0.5, 0.6) is 0 Å². The van der Waals surface area contributed by atoms with Crippen LogP contribution in [0.3, 0.4) is 0 Å². The van der Waals surface area contributed by atoms with E-state index in [9.17, 15) is 9.90 Å². The van der Waals surface area contributed by atoms with Gasteiger partial charge in [0.1, 0.15) is 11.4 Å². The maximum Gasteiger partial charge on any atom is 0.137 e. The second kappa shape index (κ2) is 7.38. The molecule has 3 nitrogen and oxygen atoms in total. The van der Waals surface area contributed by atoms with Crippen molar-refractivity contribution in [3.05, 3.63) is 52.6 Å². The molecule has 0 heterocycles. The molecule has 0 bridgehead atoms. The van der Waals surface area contributed by atoms with Crippen LogP contribution in [0.1, 0.15) is 70.3 Å². The molecule has 5 unspecified atom stereocenters. The molecule has 162 valence electrons. The Labute approximate surface area is 186 Å². The van der Waals surface area contributed by atoms with Crippen molar-refractivity contribution in [1.29, 1.82) is 0 Å². The van der Waals surface area contributed by atoms with Crippen molar-refractivity contribution in [1.82, 2.24) is 0 Å². The van der Waals surface area contributed by atoms with Gasteiger partial charge in [-0.05, 0) is 79.7 Å². The van der Waals surface area contributed by atoms with Crippen molar-refractivity contribution < 1.29 is 9.90 Å². The van der Waals surface area contributed by atoms with E-state index >= 15 is 0 Å². The summed E-state index contributed by atoms with van der Waals surface area (Å²) in [6.07, 6.45) is 8.18. The largest absolute Gasteiger partial charge is 0.388 e. The number of ketones is 1. The first-order valence-corrected chi connectivity index (χ1v) is 11.8. The van der Waals surface area contributed by atoms with Crippen molar-refractivity contribution in [3.63, 3.8) is 0 Å². The van der Waals surface area contributed by atoms with Crippen LogP contribution in [0.25, 0.3) is 0 Å². The molecule has 3 heteroatoms. The first-order valence-electron chi connectivity index (χ1n) is 11.8. The van der Waals surface area contributed by atoms with Gasteiger partial charge in [-0.2, -0.15) is 0 Å². The van der Waals surface area contributed by atoms with Crippen molar-refractivity contribution in [2.45, 2.75) is 70.3 Å². The average Bonchev–Trinajstić information content (AvgIpc) is 3.03. The van der Waals surface area contributed by atoms with Crippen molar-refractivity contribution in [3.8, 4) is 11.8 Å². The number of carbonyl (C=O) groups is 1. The predicted octanol–water partition coefficient (Wildman–Crippen LogP) is 5.38. The molecule has 1 aromatic carbocycles. The Morgan fingerprint density at radius 2 is 1.97 bits per heavy atom. The molecule has 3 saturated carbocycles. The van der Waals surface area contributed by atoms with E-state index in [1.807, 2.05) is 14.0 Å². The number of aliphatic hydroxyl groups is 1. The predicted molar refractivity (Wildman–Crippen MR) is 125 cm³/mol. The fraction of sp³-hybridized carbons (Fsp3) is 0.536. The van der Waals surface area contributed by atoms with E-state index in [0.717, 1.165) is 37.8 Å². The summed E-state index contributed by atoms with van der Waals surface area (Å²) in [5.74, 6) is 7.77. The minimum absolute atomic E-state index is 0.229. The summed E-state index contributed by atoms with van der Waals surface area (Å²) in [7, 11) is 1.95. The van der Waals surface area contributed by atoms with Crippen LogP contribution < -0.4 is 5.32 Å². The van der Waals surface area contributed by atoms with E-state index in [1.54, 1.807) is 5.57 Å². The Kier molecular flexibility index (Phi) is 4.90. The molecule has 0 amide bonds. The fourth-order valence-corrected chi connectivity index (χ4v) is 7.19. The number of allylic oxidation sites excluding steroid dienone is 4. The fourth-order valence-electron chi connectivity index (χ4n) is 7.19.